The van der Waals surface area contributed by atoms with Crippen LogP contribution >= 0.6 is 0 Å². The number of likely N-dealkylation sites (N-methyl/N-ethyl adjacent to an activating group) is 1. The molecule has 5 nitrogen and oxygen atoms in total. The van der Waals surface area contributed by atoms with Crippen molar-refractivity contribution in [2.24, 2.45) is 0 Å². The zero-order valence-corrected chi connectivity index (χ0v) is 11.5. The number of carbonyl (C=O) groups excluding carboxylic acids is 1. The minimum Gasteiger partial charge on any atom is -0.465 e. The molecule has 1 aromatic rings. The molecule has 104 valence electrons. The molecule has 1 aromatic carbocycles. The second-order valence-corrected chi connectivity index (χ2v) is 4.70. The summed E-state index contributed by atoms with van der Waals surface area (Å²) in [6.07, 6.45) is 0. The number of nitrogens with one attached hydrogen (secondary N) is 2. The summed E-state index contributed by atoms with van der Waals surface area (Å²) in [6, 6.07) is 8.04. The average Bonchev–Trinajstić information content (AvgIpc) is 2.47. The van der Waals surface area contributed by atoms with Gasteiger partial charge in [-0.15, -0.1) is 0 Å². The summed E-state index contributed by atoms with van der Waals surface area (Å²) < 4.78 is 4.76. The Kier molecular flexibility index (Phi) is 4.76. The van der Waals surface area contributed by atoms with Crippen molar-refractivity contribution in [3.05, 3.63) is 29.8 Å². The highest BCUT2D eigenvalue weighted by atomic mass is 16.5. The molecular weight excluding hydrogens is 242 g/mol. The Morgan fingerprint density at radius 3 is 3.16 bits per heavy atom. The first-order chi connectivity index (χ1) is 9.24. The number of nitrogens with zero attached hydrogens (tertiary/aromatic N) is 1. The van der Waals surface area contributed by atoms with Crippen LogP contribution in [-0.2, 0) is 4.74 Å². The number of esters is 1. The summed E-state index contributed by atoms with van der Waals surface area (Å²) in [5.41, 5.74) is 1.68. The van der Waals surface area contributed by atoms with E-state index in [-0.39, 0.29) is 5.97 Å². The lowest BCUT2D eigenvalue weighted by molar-refractivity contribution is 0.0601. The van der Waals surface area contributed by atoms with E-state index in [1.807, 2.05) is 25.2 Å². The summed E-state index contributed by atoms with van der Waals surface area (Å²) >= 11 is 0. The van der Waals surface area contributed by atoms with Crippen LogP contribution in [0.25, 0.3) is 0 Å². The molecule has 0 amide bonds. The van der Waals surface area contributed by atoms with Crippen molar-refractivity contribution in [3.63, 3.8) is 0 Å². The van der Waals surface area contributed by atoms with E-state index in [0.29, 0.717) is 11.6 Å². The minimum absolute atomic E-state index is 0.288. The maximum atomic E-state index is 11.6. The molecular formula is C14H21N3O2. The molecule has 1 unspecified atom stereocenters. The first kappa shape index (κ1) is 13.8. The topological polar surface area (TPSA) is 53.6 Å². The summed E-state index contributed by atoms with van der Waals surface area (Å²) in [5.74, 6) is -0.288. The molecule has 1 heterocycles. The van der Waals surface area contributed by atoms with Gasteiger partial charge in [0.2, 0.25) is 0 Å². The van der Waals surface area contributed by atoms with Gasteiger partial charge in [-0.2, -0.15) is 0 Å². The predicted octanol–water partition coefficient (Wildman–Crippen LogP) is 0.471. The predicted molar refractivity (Wildman–Crippen MR) is 75.7 cm³/mol. The number of hydrogen-bond donors (Lipinski definition) is 2. The molecule has 1 aliphatic rings. The lowest BCUT2D eigenvalue weighted by atomic mass is 10.1. The van der Waals surface area contributed by atoms with E-state index >= 15 is 0 Å². The Balaban J connectivity index is 2.10. The van der Waals surface area contributed by atoms with Crippen molar-refractivity contribution < 1.29 is 9.53 Å². The van der Waals surface area contributed by atoms with Gasteiger partial charge < -0.3 is 20.3 Å². The van der Waals surface area contributed by atoms with E-state index in [9.17, 15) is 4.79 Å². The van der Waals surface area contributed by atoms with Gasteiger partial charge in [-0.3, -0.25) is 0 Å². The third-order valence-electron chi connectivity index (χ3n) is 3.34. The van der Waals surface area contributed by atoms with Crippen LogP contribution in [0, 0.1) is 0 Å². The first-order valence-corrected chi connectivity index (χ1v) is 6.56. The van der Waals surface area contributed by atoms with Gasteiger partial charge in [-0.05, 0) is 25.2 Å². The molecule has 2 rings (SSSR count). The first-order valence-electron chi connectivity index (χ1n) is 6.56. The number of benzene rings is 1. The van der Waals surface area contributed by atoms with Gasteiger partial charge in [0.15, 0.2) is 0 Å². The van der Waals surface area contributed by atoms with E-state index in [1.165, 1.54) is 7.11 Å². The molecule has 1 saturated heterocycles. The van der Waals surface area contributed by atoms with Crippen molar-refractivity contribution in [1.82, 2.24) is 10.6 Å². The smallest absolute Gasteiger partial charge is 0.337 e. The van der Waals surface area contributed by atoms with Crippen LogP contribution in [0.1, 0.15) is 10.4 Å². The van der Waals surface area contributed by atoms with E-state index in [0.717, 1.165) is 31.9 Å². The molecule has 1 atom stereocenters. The molecule has 5 heteroatoms. The number of methoxy groups -OCH3 is 1. The fourth-order valence-electron chi connectivity index (χ4n) is 2.39. The summed E-state index contributed by atoms with van der Waals surface area (Å²) in [4.78, 5) is 13.8. The molecule has 1 fully saturated rings. The van der Waals surface area contributed by atoms with Crippen molar-refractivity contribution >= 4 is 11.7 Å². The van der Waals surface area contributed by atoms with Crippen molar-refractivity contribution in [2.75, 3.05) is 45.2 Å². The van der Waals surface area contributed by atoms with Crippen molar-refractivity contribution in [1.29, 1.82) is 0 Å². The van der Waals surface area contributed by atoms with Crippen molar-refractivity contribution in [2.45, 2.75) is 6.04 Å². The van der Waals surface area contributed by atoms with Crippen LogP contribution in [-0.4, -0.2) is 52.3 Å². The molecule has 2 N–H and O–H groups in total. The third-order valence-corrected chi connectivity index (χ3v) is 3.34. The molecule has 0 saturated carbocycles. The Bertz CT molecular complexity index is 434. The zero-order valence-electron chi connectivity index (χ0n) is 11.5. The maximum Gasteiger partial charge on any atom is 0.337 e. The average molecular weight is 263 g/mol. The van der Waals surface area contributed by atoms with Gasteiger partial charge in [-0.25, -0.2) is 4.79 Å². The SMILES string of the molecule is CNCC1CN(c2cccc(C(=O)OC)c2)CCN1. The zero-order chi connectivity index (χ0) is 13.7. The number of anilines is 1. The van der Waals surface area contributed by atoms with E-state index in [1.54, 1.807) is 6.07 Å². The number of carbonyl (C=O) groups is 1. The van der Waals surface area contributed by atoms with E-state index < -0.39 is 0 Å². The largest absolute Gasteiger partial charge is 0.465 e. The second-order valence-electron chi connectivity index (χ2n) is 4.70. The fourth-order valence-corrected chi connectivity index (χ4v) is 2.39. The highest BCUT2D eigenvalue weighted by Crippen LogP contribution is 2.18. The highest BCUT2D eigenvalue weighted by molar-refractivity contribution is 5.90. The van der Waals surface area contributed by atoms with Crippen LogP contribution in [0.5, 0.6) is 0 Å². The van der Waals surface area contributed by atoms with Crippen LogP contribution in [0.3, 0.4) is 0 Å². The Hall–Kier alpha value is -1.59. The summed E-state index contributed by atoms with van der Waals surface area (Å²) in [7, 11) is 3.36. The number of rotatable bonds is 4. The Morgan fingerprint density at radius 1 is 1.58 bits per heavy atom. The number of hydrogen-bond acceptors (Lipinski definition) is 5. The number of ether oxygens (including phenoxy) is 1. The molecule has 0 aliphatic carbocycles. The molecule has 19 heavy (non-hydrogen) atoms. The quantitative estimate of drug-likeness (QED) is 0.774. The third kappa shape index (κ3) is 3.45. The van der Waals surface area contributed by atoms with E-state index in [4.69, 9.17) is 4.74 Å². The fraction of sp³-hybridized carbons (Fsp3) is 0.500. The summed E-state index contributed by atoms with van der Waals surface area (Å²) in [5, 5.41) is 6.66. The molecule has 0 aromatic heterocycles. The molecule has 0 radical (unpaired) electrons. The van der Waals surface area contributed by atoms with Crippen molar-refractivity contribution in [3.8, 4) is 0 Å². The maximum absolute atomic E-state index is 11.6. The normalized spacial score (nSPS) is 19.3. The minimum atomic E-state index is -0.288. The second kappa shape index (κ2) is 6.54. The highest BCUT2D eigenvalue weighted by Gasteiger charge is 2.19. The number of piperazine rings is 1. The monoisotopic (exact) mass is 263 g/mol. The van der Waals surface area contributed by atoms with Crippen LogP contribution in [0.2, 0.25) is 0 Å². The Morgan fingerprint density at radius 2 is 2.42 bits per heavy atom. The molecule has 0 bridgehead atoms. The lowest BCUT2D eigenvalue weighted by Gasteiger charge is -2.35. The van der Waals surface area contributed by atoms with Crippen LogP contribution in [0.4, 0.5) is 5.69 Å². The van der Waals surface area contributed by atoms with Gasteiger partial charge >= 0.3 is 5.97 Å². The van der Waals surface area contributed by atoms with Gasteiger partial charge in [-0.1, -0.05) is 6.07 Å². The van der Waals surface area contributed by atoms with E-state index in [2.05, 4.69) is 15.5 Å². The standard InChI is InChI=1S/C14H21N3O2/c1-15-9-12-10-17(7-6-16-12)13-5-3-4-11(8-13)14(18)19-2/h3-5,8,12,15-16H,6-7,9-10H2,1-2H3. The van der Waals surface area contributed by atoms with Gasteiger partial charge in [0.1, 0.15) is 0 Å². The van der Waals surface area contributed by atoms with Crippen LogP contribution < -0.4 is 15.5 Å². The lowest BCUT2D eigenvalue weighted by Crippen LogP contribution is -2.54. The van der Waals surface area contributed by atoms with Gasteiger partial charge in [0.25, 0.3) is 0 Å². The van der Waals surface area contributed by atoms with Gasteiger partial charge in [0, 0.05) is 37.9 Å². The molecule has 1 aliphatic heterocycles. The van der Waals surface area contributed by atoms with Crippen LogP contribution in [0.15, 0.2) is 24.3 Å². The van der Waals surface area contributed by atoms with Gasteiger partial charge in [0.05, 0.1) is 12.7 Å². The summed E-state index contributed by atoms with van der Waals surface area (Å²) in [6.45, 7) is 3.78. The molecule has 0 spiro atoms. The Labute approximate surface area is 113 Å².